The lowest BCUT2D eigenvalue weighted by molar-refractivity contribution is -0.120. The van der Waals surface area contributed by atoms with Crippen LogP contribution in [0, 0.1) is 5.92 Å². The summed E-state index contributed by atoms with van der Waals surface area (Å²) in [6.45, 7) is 4.17. The molecule has 1 rings (SSSR count). The zero-order valence-electron chi connectivity index (χ0n) is 10.6. The van der Waals surface area contributed by atoms with Crippen molar-refractivity contribution in [1.29, 1.82) is 0 Å². The van der Waals surface area contributed by atoms with Crippen LogP contribution in [0.1, 0.15) is 39.5 Å². The molecule has 0 spiro atoms. The fraction of sp³-hybridized carbons (Fsp3) is 0.538. The first-order chi connectivity index (χ1) is 8.17. The summed E-state index contributed by atoms with van der Waals surface area (Å²) in [6, 6.07) is 3.45. The molecule has 0 aromatic carbocycles. The Labute approximate surface area is 103 Å². The van der Waals surface area contributed by atoms with Crippen LogP contribution in [-0.4, -0.2) is 10.9 Å². The summed E-state index contributed by atoms with van der Waals surface area (Å²) in [5.41, 5.74) is 6.13. The van der Waals surface area contributed by atoms with Crippen LogP contribution in [0.4, 0.5) is 11.5 Å². The number of nitrogen functional groups attached to an aromatic ring is 1. The molecule has 1 aromatic heterocycles. The predicted octanol–water partition coefficient (Wildman–Crippen LogP) is 2.82. The second-order valence-corrected chi connectivity index (χ2v) is 4.21. The maximum absolute atomic E-state index is 12.0. The topological polar surface area (TPSA) is 68.0 Å². The second kappa shape index (κ2) is 6.89. The number of amides is 1. The Bertz CT molecular complexity index is 348. The van der Waals surface area contributed by atoms with E-state index in [9.17, 15) is 4.79 Å². The summed E-state index contributed by atoms with van der Waals surface area (Å²) in [5.74, 6) is 0.701. The number of aromatic nitrogens is 1. The summed E-state index contributed by atoms with van der Waals surface area (Å²) in [5, 5.41) is 2.82. The van der Waals surface area contributed by atoms with E-state index in [0.29, 0.717) is 11.5 Å². The number of carbonyl (C=O) groups is 1. The van der Waals surface area contributed by atoms with E-state index >= 15 is 0 Å². The van der Waals surface area contributed by atoms with Gasteiger partial charge in [-0.15, -0.1) is 0 Å². The minimum absolute atomic E-state index is 0.0539. The first-order valence-corrected chi connectivity index (χ1v) is 6.19. The van der Waals surface area contributed by atoms with Crippen LogP contribution < -0.4 is 11.1 Å². The Morgan fingerprint density at radius 1 is 1.47 bits per heavy atom. The number of carbonyl (C=O) groups excluding carboxylic acids is 1. The van der Waals surface area contributed by atoms with Gasteiger partial charge in [-0.3, -0.25) is 4.79 Å². The molecular formula is C13H21N3O. The van der Waals surface area contributed by atoms with Gasteiger partial charge in [-0.25, -0.2) is 4.98 Å². The highest BCUT2D eigenvalue weighted by molar-refractivity contribution is 5.91. The third-order valence-corrected chi connectivity index (χ3v) is 2.81. The Balaban J connectivity index is 2.54. The van der Waals surface area contributed by atoms with E-state index in [1.54, 1.807) is 18.3 Å². The fourth-order valence-corrected chi connectivity index (χ4v) is 1.68. The van der Waals surface area contributed by atoms with Crippen molar-refractivity contribution in [2.75, 3.05) is 11.1 Å². The zero-order valence-corrected chi connectivity index (χ0v) is 10.6. The van der Waals surface area contributed by atoms with Crippen LogP contribution in [0.15, 0.2) is 18.3 Å². The Morgan fingerprint density at radius 3 is 2.76 bits per heavy atom. The molecule has 0 aliphatic heterocycles. The summed E-state index contributed by atoms with van der Waals surface area (Å²) >= 11 is 0. The Morgan fingerprint density at radius 2 is 2.24 bits per heavy atom. The summed E-state index contributed by atoms with van der Waals surface area (Å²) in [6.07, 6.45) is 5.54. The van der Waals surface area contributed by atoms with Gasteiger partial charge in [-0.05, 0) is 25.0 Å². The van der Waals surface area contributed by atoms with Gasteiger partial charge in [0.2, 0.25) is 5.91 Å². The monoisotopic (exact) mass is 235 g/mol. The highest BCUT2D eigenvalue weighted by Gasteiger charge is 2.15. The van der Waals surface area contributed by atoms with E-state index in [-0.39, 0.29) is 11.8 Å². The van der Waals surface area contributed by atoms with Gasteiger partial charge in [0.25, 0.3) is 0 Å². The number of nitrogens with two attached hydrogens (primary N) is 1. The quantitative estimate of drug-likeness (QED) is 0.796. The van der Waals surface area contributed by atoms with Gasteiger partial charge < -0.3 is 11.1 Å². The number of unbranched alkanes of at least 4 members (excludes halogenated alkanes) is 1. The van der Waals surface area contributed by atoms with E-state index in [1.807, 2.05) is 6.92 Å². The van der Waals surface area contributed by atoms with Crippen molar-refractivity contribution in [3.63, 3.8) is 0 Å². The summed E-state index contributed by atoms with van der Waals surface area (Å²) in [4.78, 5) is 16.0. The van der Waals surface area contributed by atoms with Gasteiger partial charge in [0, 0.05) is 5.92 Å². The van der Waals surface area contributed by atoms with E-state index in [2.05, 4.69) is 17.2 Å². The van der Waals surface area contributed by atoms with Crippen LogP contribution >= 0.6 is 0 Å². The van der Waals surface area contributed by atoms with Crippen molar-refractivity contribution in [1.82, 2.24) is 4.98 Å². The lowest BCUT2D eigenvalue weighted by atomic mass is 9.98. The number of hydrogen-bond donors (Lipinski definition) is 2. The SMILES string of the molecule is CCCCC(CC)C(=O)Nc1ccc(N)cn1. The third-order valence-electron chi connectivity index (χ3n) is 2.81. The van der Waals surface area contributed by atoms with Gasteiger partial charge in [-0.1, -0.05) is 26.7 Å². The van der Waals surface area contributed by atoms with Crippen LogP contribution in [0.2, 0.25) is 0 Å². The maximum atomic E-state index is 12.0. The minimum atomic E-state index is 0.0539. The molecule has 0 fully saturated rings. The molecule has 1 unspecified atom stereocenters. The maximum Gasteiger partial charge on any atom is 0.228 e. The van der Waals surface area contributed by atoms with Crippen molar-refractivity contribution >= 4 is 17.4 Å². The van der Waals surface area contributed by atoms with Crippen LogP contribution in [-0.2, 0) is 4.79 Å². The fourth-order valence-electron chi connectivity index (χ4n) is 1.68. The van der Waals surface area contributed by atoms with E-state index in [4.69, 9.17) is 5.73 Å². The lowest BCUT2D eigenvalue weighted by Crippen LogP contribution is -2.22. The average Bonchev–Trinajstić information content (AvgIpc) is 2.33. The highest BCUT2D eigenvalue weighted by atomic mass is 16.1. The molecule has 0 bridgehead atoms. The molecule has 4 nitrogen and oxygen atoms in total. The molecule has 3 N–H and O–H groups in total. The van der Waals surface area contributed by atoms with Gasteiger partial charge >= 0.3 is 0 Å². The van der Waals surface area contributed by atoms with Crippen molar-refractivity contribution in [3.05, 3.63) is 18.3 Å². The second-order valence-electron chi connectivity index (χ2n) is 4.21. The van der Waals surface area contributed by atoms with Gasteiger partial charge in [0.05, 0.1) is 11.9 Å². The molecule has 1 atom stereocenters. The molecule has 1 heterocycles. The van der Waals surface area contributed by atoms with Crippen LogP contribution in [0.25, 0.3) is 0 Å². The summed E-state index contributed by atoms with van der Waals surface area (Å²) in [7, 11) is 0. The zero-order chi connectivity index (χ0) is 12.7. The van der Waals surface area contributed by atoms with Crippen LogP contribution in [0.5, 0.6) is 0 Å². The Kier molecular flexibility index (Phi) is 5.46. The van der Waals surface area contributed by atoms with Crippen molar-refractivity contribution in [2.24, 2.45) is 5.92 Å². The van der Waals surface area contributed by atoms with Crippen molar-refractivity contribution in [3.8, 4) is 0 Å². The van der Waals surface area contributed by atoms with E-state index < -0.39 is 0 Å². The predicted molar refractivity (Wildman–Crippen MR) is 70.6 cm³/mol. The smallest absolute Gasteiger partial charge is 0.228 e. The van der Waals surface area contributed by atoms with Crippen molar-refractivity contribution < 1.29 is 4.79 Å². The lowest BCUT2D eigenvalue weighted by Gasteiger charge is -2.13. The largest absolute Gasteiger partial charge is 0.397 e. The van der Waals surface area contributed by atoms with Crippen LogP contribution in [0.3, 0.4) is 0 Å². The molecule has 0 saturated heterocycles. The molecule has 1 aromatic rings. The van der Waals surface area contributed by atoms with E-state index in [0.717, 1.165) is 25.7 Å². The van der Waals surface area contributed by atoms with Gasteiger partial charge in [0.1, 0.15) is 5.82 Å². The van der Waals surface area contributed by atoms with Gasteiger partial charge in [0.15, 0.2) is 0 Å². The van der Waals surface area contributed by atoms with E-state index in [1.165, 1.54) is 0 Å². The van der Waals surface area contributed by atoms with Gasteiger partial charge in [-0.2, -0.15) is 0 Å². The normalized spacial score (nSPS) is 12.1. The molecule has 1 amide bonds. The number of nitrogens with zero attached hydrogens (tertiary/aromatic N) is 1. The van der Waals surface area contributed by atoms with Crippen molar-refractivity contribution in [2.45, 2.75) is 39.5 Å². The third kappa shape index (κ3) is 4.43. The minimum Gasteiger partial charge on any atom is -0.397 e. The number of anilines is 2. The number of rotatable bonds is 6. The molecule has 0 saturated carbocycles. The average molecular weight is 235 g/mol. The molecular weight excluding hydrogens is 214 g/mol. The standard InChI is InChI=1S/C13H21N3O/c1-3-5-6-10(4-2)13(17)16-12-8-7-11(14)9-15-12/h7-10H,3-6,14H2,1-2H3,(H,15,16,17). The molecule has 0 radical (unpaired) electrons. The number of nitrogens with one attached hydrogen (secondary N) is 1. The number of hydrogen-bond acceptors (Lipinski definition) is 3. The molecule has 4 heteroatoms. The molecule has 17 heavy (non-hydrogen) atoms. The molecule has 0 aliphatic rings. The Hall–Kier alpha value is -1.58. The number of pyridine rings is 1. The summed E-state index contributed by atoms with van der Waals surface area (Å²) < 4.78 is 0. The first kappa shape index (κ1) is 13.5. The molecule has 94 valence electrons. The highest BCUT2D eigenvalue weighted by Crippen LogP contribution is 2.15. The first-order valence-electron chi connectivity index (χ1n) is 6.19. The molecule has 0 aliphatic carbocycles.